The first kappa shape index (κ1) is 17.6. The SMILES string of the molecule is Cc1ccccc1[C@H]1C(=O)OC[C@@H](CO)[C@@H]1COCc1ccccc1. The van der Waals surface area contributed by atoms with E-state index in [0.29, 0.717) is 13.2 Å². The first-order valence-corrected chi connectivity index (χ1v) is 8.65. The lowest BCUT2D eigenvalue weighted by Gasteiger charge is -2.36. The molecule has 0 amide bonds. The number of hydrogen-bond donors (Lipinski definition) is 1. The van der Waals surface area contributed by atoms with Gasteiger partial charge in [0.25, 0.3) is 0 Å². The van der Waals surface area contributed by atoms with Crippen molar-refractivity contribution < 1.29 is 19.4 Å². The van der Waals surface area contributed by atoms with Crippen molar-refractivity contribution >= 4 is 5.97 Å². The van der Waals surface area contributed by atoms with Gasteiger partial charge in [-0.25, -0.2) is 0 Å². The van der Waals surface area contributed by atoms with Gasteiger partial charge in [-0.15, -0.1) is 0 Å². The molecule has 3 rings (SSSR count). The Morgan fingerprint density at radius 3 is 2.56 bits per heavy atom. The fraction of sp³-hybridized carbons (Fsp3) is 0.381. The third-order valence-electron chi connectivity index (χ3n) is 4.91. The molecule has 2 aromatic rings. The van der Waals surface area contributed by atoms with Crippen molar-refractivity contribution in [1.29, 1.82) is 0 Å². The Hall–Kier alpha value is -2.17. The van der Waals surface area contributed by atoms with Crippen LogP contribution in [0.5, 0.6) is 0 Å². The highest BCUT2D eigenvalue weighted by atomic mass is 16.5. The Labute approximate surface area is 148 Å². The van der Waals surface area contributed by atoms with E-state index in [-0.39, 0.29) is 31.0 Å². The molecule has 0 bridgehead atoms. The number of carbonyl (C=O) groups is 1. The molecule has 0 spiro atoms. The smallest absolute Gasteiger partial charge is 0.313 e. The number of ether oxygens (including phenoxy) is 2. The first-order valence-electron chi connectivity index (χ1n) is 8.65. The summed E-state index contributed by atoms with van der Waals surface area (Å²) in [6, 6.07) is 17.8. The Balaban J connectivity index is 1.77. The molecule has 0 aliphatic carbocycles. The maximum absolute atomic E-state index is 12.5. The van der Waals surface area contributed by atoms with Crippen LogP contribution in [0.3, 0.4) is 0 Å². The molecule has 0 aromatic heterocycles. The fourth-order valence-corrected chi connectivity index (χ4v) is 3.45. The van der Waals surface area contributed by atoms with Crippen molar-refractivity contribution in [2.45, 2.75) is 19.4 Å². The maximum atomic E-state index is 12.5. The molecule has 3 atom stereocenters. The molecular formula is C21H24O4. The van der Waals surface area contributed by atoms with Crippen LogP contribution in [0, 0.1) is 18.8 Å². The molecule has 1 N–H and O–H groups in total. The summed E-state index contributed by atoms with van der Waals surface area (Å²) in [7, 11) is 0. The van der Waals surface area contributed by atoms with E-state index >= 15 is 0 Å². The van der Waals surface area contributed by atoms with Gasteiger partial charge in [-0.1, -0.05) is 54.6 Å². The summed E-state index contributed by atoms with van der Waals surface area (Å²) in [4.78, 5) is 12.5. The number of aryl methyl sites for hydroxylation is 1. The predicted molar refractivity (Wildman–Crippen MR) is 95.0 cm³/mol. The van der Waals surface area contributed by atoms with Gasteiger partial charge in [-0.3, -0.25) is 4.79 Å². The van der Waals surface area contributed by atoms with Crippen molar-refractivity contribution in [3.05, 3.63) is 71.3 Å². The molecule has 1 heterocycles. The lowest BCUT2D eigenvalue weighted by molar-refractivity contribution is -0.160. The Morgan fingerprint density at radius 1 is 1.12 bits per heavy atom. The van der Waals surface area contributed by atoms with Gasteiger partial charge >= 0.3 is 5.97 Å². The third kappa shape index (κ3) is 4.09. The summed E-state index contributed by atoms with van der Waals surface area (Å²) in [5.41, 5.74) is 3.10. The van der Waals surface area contributed by atoms with Crippen LogP contribution in [-0.2, 0) is 20.9 Å². The molecule has 2 aromatic carbocycles. The van der Waals surface area contributed by atoms with E-state index in [1.54, 1.807) is 0 Å². The van der Waals surface area contributed by atoms with E-state index in [9.17, 15) is 9.90 Å². The van der Waals surface area contributed by atoms with Crippen molar-refractivity contribution in [2.24, 2.45) is 11.8 Å². The summed E-state index contributed by atoms with van der Waals surface area (Å²) >= 11 is 0. The number of cyclic esters (lactones) is 1. The van der Waals surface area contributed by atoms with Crippen LogP contribution in [0.1, 0.15) is 22.6 Å². The molecule has 25 heavy (non-hydrogen) atoms. The van der Waals surface area contributed by atoms with Gasteiger partial charge < -0.3 is 14.6 Å². The monoisotopic (exact) mass is 340 g/mol. The second kappa shape index (κ2) is 8.28. The standard InChI is InChI=1S/C21H24O4/c1-15-7-5-6-10-18(15)20-19(17(11-22)13-25-21(20)23)14-24-12-16-8-3-2-4-9-16/h2-10,17,19-20,22H,11-14H2,1H3/t17-,19+,20-/m1/s1. The van der Waals surface area contributed by atoms with Crippen molar-refractivity contribution in [1.82, 2.24) is 0 Å². The average Bonchev–Trinajstić information content (AvgIpc) is 2.64. The number of rotatable bonds is 6. The molecule has 0 unspecified atom stereocenters. The second-order valence-corrected chi connectivity index (χ2v) is 6.57. The number of hydrogen-bond acceptors (Lipinski definition) is 4. The van der Waals surface area contributed by atoms with Crippen molar-refractivity contribution in [2.75, 3.05) is 19.8 Å². The highest BCUT2D eigenvalue weighted by molar-refractivity contribution is 5.80. The molecule has 1 aliphatic heterocycles. The number of aliphatic hydroxyl groups excluding tert-OH is 1. The zero-order valence-corrected chi connectivity index (χ0v) is 14.4. The molecule has 132 valence electrons. The van der Waals surface area contributed by atoms with Crippen LogP contribution < -0.4 is 0 Å². The Bertz CT molecular complexity index is 698. The van der Waals surface area contributed by atoms with E-state index in [0.717, 1.165) is 16.7 Å². The van der Waals surface area contributed by atoms with Gasteiger partial charge in [-0.05, 0) is 23.6 Å². The van der Waals surface area contributed by atoms with Gasteiger partial charge in [0.05, 0.1) is 25.7 Å². The van der Waals surface area contributed by atoms with Crippen LogP contribution in [0.15, 0.2) is 54.6 Å². The van der Waals surface area contributed by atoms with Gasteiger partial charge in [0, 0.05) is 18.4 Å². The van der Waals surface area contributed by atoms with Crippen molar-refractivity contribution in [3.8, 4) is 0 Å². The van der Waals surface area contributed by atoms with Gasteiger partial charge in [0.2, 0.25) is 0 Å². The average molecular weight is 340 g/mol. The molecular weight excluding hydrogens is 316 g/mol. The minimum Gasteiger partial charge on any atom is -0.465 e. The minimum absolute atomic E-state index is 0.0188. The molecule has 0 saturated carbocycles. The summed E-state index contributed by atoms with van der Waals surface area (Å²) < 4.78 is 11.3. The molecule has 1 aliphatic rings. The summed E-state index contributed by atoms with van der Waals surface area (Å²) in [5, 5.41) is 9.75. The van der Waals surface area contributed by atoms with Crippen LogP contribution in [-0.4, -0.2) is 30.9 Å². The van der Waals surface area contributed by atoms with Crippen LogP contribution >= 0.6 is 0 Å². The first-order chi connectivity index (χ1) is 12.2. The molecule has 4 nitrogen and oxygen atoms in total. The van der Waals surface area contributed by atoms with E-state index in [1.165, 1.54) is 0 Å². The highest BCUT2D eigenvalue weighted by Crippen LogP contribution is 2.37. The van der Waals surface area contributed by atoms with Gasteiger partial charge in [0.15, 0.2) is 0 Å². The van der Waals surface area contributed by atoms with Crippen LogP contribution in [0.4, 0.5) is 0 Å². The van der Waals surface area contributed by atoms with Gasteiger partial charge in [-0.2, -0.15) is 0 Å². The third-order valence-corrected chi connectivity index (χ3v) is 4.91. The lowest BCUT2D eigenvalue weighted by atomic mass is 9.76. The number of benzene rings is 2. The topological polar surface area (TPSA) is 55.8 Å². The Morgan fingerprint density at radius 2 is 1.84 bits per heavy atom. The van der Waals surface area contributed by atoms with E-state index in [4.69, 9.17) is 9.47 Å². The zero-order valence-electron chi connectivity index (χ0n) is 14.4. The van der Waals surface area contributed by atoms with Gasteiger partial charge in [0.1, 0.15) is 0 Å². The normalized spacial score (nSPS) is 23.3. The van der Waals surface area contributed by atoms with Crippen LogP contribution in [0.25, 0.3) is 0 Å². The molecule has 4 heteroatoms. The summed E-state index contributed by atoms with van der Waals surface area (Å²) in [6.07, 6.45) is 0. The maximum Gasteiger partial charge on any atom is 0.313 e. The summed E-state index contributed by atoms with van der Waals surface area (Å²) in [6.45, 7) is 3.12. The largest absolute Gasteiger partial charge is 0.465 e. The Kier molecular flexibility index (Phi) is 5.84. The minimum atomic E-state index is -0.400. The molecule has 1 fully saturated rings. The van der Waals surface area contributed by atoms with E-state index in [1.807, 2.05) is 61.5 Å². The second-order valence-electron chi connectivity index (χ2n) is 6.57. The van der Waals surface area contributed by atoms with E-state index in [2.05, 4.69) is 0 Å². The zero-order chi connectivity index (χ0) is 17.6. The van der Waals surface area contributed by atoms with Crippen molar-refractivity contribution in [3.63, 3.8) is 0 Å². The predicted octanol–water partition coefficient (Wildman–Crippen LogP) is 3.08. The van der Waals surface area contributed by atoms with E-state index < -0.39 is 5.92 Å². The number of carbonyl (C=O) groups excluding carboxylic acids is 1. The lowest BCUT2D eigenvalue weighted by Crippen LogP contribution is -2.42. The quantitative estimate of drug-likeness (QED) is 0.821. The fourth-order valence-electron chi connectivity index (χ4n) is 3.45. The highest BCUT2D eigenvalue weighted by Gasteiger charge is 2.41. The number of esters is 1. The summed E-state index contributed by atoms with van der Waals surface area (Å²) in [5.74, 6) is -0.843. The molecule has 1 saturated heterocycles. The number of aliphatic hydroxyl groups is 1. The van der Waals surface area contributed by atoms with Crippen LogP contribution in [0.2, 0.25) is 0 Å². The molecule has 0 radical (unpaired) electrons.